The average Bonchev–Trinajstić information content (AvgIpc) is 3.06. The summed E-state index contributed by atoms with van der Waals surface area (Å²) < 4.78 is 0. The first-order valence-electron chi connectivity index (χ1n) is 11.3. The minimum Gasteiger partial charge on any atom is -0.349 e. The summed E-state index contributed by atoms with van der Waals surface area (Å²) in [6.45, 7) is 0. The number of benzene rings is 1. The zero-order chi connectivity index (χ0) is 19.6. The first-order valence-corrected chi connectivity index (χ1v) is 11.3. The van der Waals surface area contributed by atoms with E-state index in [0.717, 1.165) is 12.8 Å². The third kappa shape index (κ3) is 6.25. The normalized spacial score (nSPS) is 19.0. The molecular formula is C23H35N3O2. The zero-order valence-corrected chi connectivity index (χ0v) is 17.0. The van der Waals surface area contributed by atoms with E-state index in [1.165, 1.54) is 77.0 Å². The molecule has 5 heteroatoms. The summed E-state index contributed by atoms with van der Waals surface area (Å²) in [5.41, 5.74) is 1.55. The molecule has 5 nitrogen and oxygen atoms in total. The number of nitrogens with one attached hydrogen (secondary N) is 3. The van der Waals surface area contributed by atoms with Crippen molar-refractivity contribution >= 4 is 16.9 Å². The van der Waals surface area contributed by atoms with E-state index < -0.39 is 0 Å². The number of hydrogen-bond acceptors (Lipinski definition) is 2. The topological polar surface area (TPSA) is 77.8 Å². The molecule has 3 rings (SSSR count). The van der Waals surface area contributed by atoms with Crippen molar-refractivity contribution in [2.45, 2.75) is 95.9 Å². The van der Waals surface area contributed by atoms with Gasteiger partial charge in [-0.2, -0.15) is 0 Å². The molecule has 1 saturated carbocycles. The maximum atomic E-state index is 12.9. The van der Waals surface area contributed by atoms with Gasteiger partial charge in [-0.3, -0.25) is 4.79 Å². The van der Waals surface area contributed by atoms with Crippen molar-refractivity contribution < 1.29 is 4.79 Å². The number of hydrogen-bond donors (Lipinski definition) is 3. The molecule has 0 atom stereocenters. The lowest BCUT2D eigenvalue weighted by Crippen LogP contribution is -2.35. The van der Waals surface area contributed by atoms with Crippen LogP contribution in [0.2, 0.25) is 0 Å². The van der Waals surface area contributed by atoms with E-state index in [2.05, 4.69) is 15.3 Å². The summed E-state index contributed by atoms with van der Waals surface area (Å²) >= 11 is 0. The van der Waals surface area contributed by atoms with Gasteiger partial charge in [0.15, 0.2) is 0 Å². The number of imidazole rings is 1. The quantitative estimate of drug-likeness (QED) is 0.644. The van der Waals surface area contributed by atoms with Gasteiger partial charge in [-0.15, -0.1) is 0 Å². The van der Waals surface area contributed by atoms with Crippen molar-refractivity contribution in [2.75, 3.05) is 0 Å². The Bertz CT molecular complexity index is 776. The third-order valence-corrected chi connectivity index (χ3v) is 5.99. The molecule has 1 aromatic carbocycles. The Morgan fingerprint density at radius 2 is 1.32 bits per heavy atom. The van der Waals surface area contributed by atoms with Gasteiger partial charge < -0.3 is 15.3 Å². The Labute approximate surface area is 167 Å². The van der Waals surface area contributed by atoms with Crippen LogP contribution in [0.1, 0.15) is 100 Å². The third-order valence-electron chi connectivity index (χ3n) is 5.99. The number of aromatic amines is 2. The molecule has 0 saturated heterocycles. The number of carbonyl (C=O) groups is 1. The van der Waals surface area contributed by atoms with Crippen molar-refractivity contribution in [1.29, 1.82) is 0 Å². The number of amides is 1. The summed E-state index contributed by atoms with van der Waals surface area (Å²) in [6, 6.07) is 5.64. The van der Waals surface area contributed by atoms with E-state index in [-0.39, 0.29) is 17.6 Å². The Morgan fingerprint density at radius 3 is 1.89 bits per heavy atom. The second-order valence-electron chi connectivity index (χ2n) is 8.30. The van der Waals surface area contributed by atoms with Crippen molar-refractivity contribution in [2.24, 2.45) is 0 Å². The van der Waals surface area contributed by atoms with Crippen LogP contribution < -0.4 is 11.0 Å². The lowest BCUT2D eigenvalue weighted by atomic mass is 10.00. The molecule has 0 unspecified atom stereocenters. The van der Waals surface area contributed by atoms with Gasteiger partial charge in [-0.05, 0) is 25.0 Å². The summed E-state index contributed by atoms with van der Waals surface area (Å²) in [7, 11) is 0. The summed E-state index contributed by atoms with van der Waals surface area (Å²) in [6.07, 6.45) is 17.8. The number of fused-ring (bicyclic) bond motifs is 1. The van der Waals surface area contributed by atoms with E-state index in [4.69, 9.17) is 0 Å². The number of para-hydroxylation sites is 1. The highest BCUT2D eigenvalue weighted by Crippen LogP contribution is 2.18. The molecule has 154 valence electrons. The van der Waals surface area contributed by atoms with Crippen molar-refractivity contribution in [3.05, 3.63) is 34.2 Å². The van der Waals surface area contributed by atoms with Gasteiger partial charge in [0.1, 0.15) is 0 Å². The molecule has 1 fully saturated rings. The largest absolute Gasteiger partial charge is 0.349 e. The first kappa shape index (κ1) is 20.7. The molecule has 28 heavy (non-hydrogen) atoms. The van der Waals surface area contributed by atoms with Crippen molar-refractivity contribution in [1.82, 2.24) is 15.3 Å². The molecule has 1 aliphatic rings. The van der Waals surface area contributed by atoms with Crippen LogP contribution in [-0.2, 0) is 0 Å². The molecule has 1 heterocycles. The molecule has 0 aliphatic heterocycles. The van der Waals surface area contributed by atoms with Gasteiger partial charge in [-0.25, -0.2) is 4.79 Å². The van der Waals surface area contributed by atoms with E-state index in [1.807, 2.05) is 12.1 Å². The Kier molecular flexibility index (Phi) is 8.19. The van der Waals surface area contributed by atoms with Crippen molar-refractivity contribution in [3.63, 3.8) is 0 Å². The molecule has 1 aromatic heterocycles. The maximum absolute atomic E-state index is 12.9. The van der Waals surface area contributed by atoms with Crippen molar-refractivity contribution in [3.8, 4) is 0 Å². The Morgan fingerprint density at radius 1 is 0.786 bits per heavy atom. The van der Waals surface area contributed by atoms with E-state index in [1.54, 1.807) is 6.07 Å². The standard InChI is InChI=1S/C23H35N3O2/c27-22(19-16-13-17-20-21(19)26-23(28)25-20)24-18-14-11-9-7-5-3-1-2-4-6-8-10-12-15-18/h13,16-18H,1-12,14-15H2,(H,24,27)(H2,25,26,28). The Balaban J connectivity index is 1.61. The second kappa shape index (κ2) is 11.1. The van der Waals surface area contributed by atoms with E-state index in [9.17, 15) is 9.59 Å². The van der Waals surface area contributed by atoms with Gasteiger partial charge in [0, 0.05) is 6.04 Å². The summed E-state index contributed by atoms with van der Waals surface area (Å²) in [5, 5.41) is 3.25. The molecule has 3 N–H and O–H groups in total. The molecular weight excluding hydrogens is 350 g/mol. The van der Waals surface area contributed by atoms with Crippen LogP contribution in [0, 0.1) is 0 Å². The van der Waals surface area contributed by atoms with Crippen LogP contribution in [0.25, 0.3) is 11.0 Å². The minimum atomic E-state index is -0.274. The van der Waals surface area contributed by atoms with Crippen LogP contribution in [0.15, 0.2) is 23.0 Å². The van der Waals surface area contributed by atoms with E-state index in [0.29, 0.717) is 16.6 Å². The Hall–Kier alpha value is -2.04. The smallest absolute Gasteiger partial charge is 0.323 e. The zero-order valence-electron chi connectivity index (χ0n) is 17.0. The predicted octanol–water partition coefficient (Wildman–Crippen LogP) is 5.43. The fourth-order valence-electron chi connectivity index (χ4n) is 4.35. The van der Waals surface area contributed by atoms with Crippen LogP contribution in [0.3, 0.4) is 0 Å². The fraction of sp³-hybridized carbons (Fsp3) is 0.652. The second-order valence-corrected chi connectivity index (χ2v) is 8.30. The fourth-order valence-corrected chi connectivity index (χ4v) is 4.35. The van der Waals surface area contributed by atoms with Crippen LogP contribution >= 0.6 is 0 Å². The molecule has 0 bridgehead atoms. The van der Waals surface area contributed by atoms with Gasteiger partial charge >= 0.3 is 5.69 Å². The molecule has 2 aromatic rings. The number of aromatic nitrogens is 2. The van der Waals surface area contributed by atoms with Gasteiger partial charge in [0.25, 0.3) is 5.91 Å². The minimum absolute atomic E-state index is 0.0798. The van der Waals surface area contributed by atoms with E-state index >= 15 is 0 Å². The number of rotatable bonds is 2. The highest BCUT2D eigenvalue weighted by Gasteiger charge is 2.17. The molecule has 1 amide bonds. The van der Waals surface area contributed by atoms with Gasteiger partial charge in [0.05, 0.1) is 16.6 Å². The predicted molar refractivity (Wildman–Crippen MR) is 115 cm³/mol. The average molecular weight is 386 g/mol. The number of carbonyl (C=O) groups excluding carboxylic acids is 1. The monoisotopic (exact) mass is 385 g/mol. The van der Waals surface area contributed by atoms with Gasteiger partial charge in [0.2, 0.25) is 0 Å². The lowest BCUT2D eigenvalue weighted by molar-refractivity contribution is 0.0933. The molecule has 0 spiro atoms. The maximum Gasteiger partial charge on any atom is 0.323 e. The molecule has 1 aliphatic carbocycles. The first-order chi connectivity index (χ1) is 13.7. The highest BCUT2D eigenvalue weighted by atomic mass is 16.2. The lowest BCUT2D eigenvalue weighted by Gasteiger charge is -2.19. The van der Waals surface area contributed by atoms with Crippen LogP contribution in [-0.4, -0.2) is 21.9 Å². The summed E-state index contributed by atoms with van der Waals surface area (Å²) in [5.74, 6) is -0.0798. The van der Waals surface area contributed by atoms with Gasteiger partial charge in [-0.1, -0.05) is 83.1 Å². The highest BCUT2D eigenvalue weighted by molar-refractivity contribution is 6.04. The molecule has 0 radical (unpaired) electrons. The van der Waals surface area contributed by atoms with Crippen LogP contribution in [0.4, 0.5) is 0 Å². The van der Waals surface area contributed by atoms with Crippen LogP contribution in [0.5, 0.6) is 0 Å². The number of H-pyrrole nitrogens is 2. The summed E-state index contributed by atoms with van der Waals surface area (Å²) in [4.78, 5) is 30.0. The SMILES string of the molecule is O=C(NC1CCCCCCCCCCCCCC1)c1cccc2[nH]c(=O)[nH]c12.